The van der Waals surface area contributed by atoms with E-state index in [9.17, 15) is 18.0 Å². The lowest BCUT2D eigenvalue weighted by Crippen LogP contribution is -2.21. The second-order valence-corrected chi connectivity index (χ2v) is 5.55. The third-order valence-corrected chi connectivity index (χ3v) is 3.78. The van der Waals surface area contributed by atoms with Crippen molar-refractivity contribution in [2.75, 3.05) is 18.5 Å². The molecule has 1 aliphatic heterocycles. The van der Waals surface area contributed by atoms with Crippen molar-refractivity contribution in [1.82, 2.24) is 9.78 Å². The minimum absolute atomic E-state index is 0.181. The maximum atomic E-state index is 12.4. The average molecular weight is 355 g/mol. The second-order valence-electron chi connectivity index (χ2n) is 5.55. The number of anilines is 1. The molecule has 1 aliphatic rings. The molecule has 1 saturated heterocycles. The molecule has 1 aromatic heterocycles. The fraction of sp³-hybridized carbons (Fsp3) is 0.375. The summed E-state index contributed by atoms with van der Waals surface area (Å²) >= 11 is 0. The van der Waals surface area contributed by atoms with Crippen molar-refractivity contribution in [3.63, 3.8) is 0 Å². The van der Waals surface area contributed by atoms with Gasteiger partial charge in [-0.2, -0.15) is 5.10 Å². The van der Waals surface area contributed by atoms with Crippen molar-refractivity contribution in [1.29, 1.82) is 0 Å². The molecular weight excluding hydrogens is 339 g/mol. The summed E-state index contributed by atoms with van der Waals surface area (Å²) in [5.41, 5.74) is 0.192. The summed E-state index contributed by atoms with van der Waals surface area (Å²) in [6.07, 6.45) is -0.124. The van der Waals surface area contributed by atoms with Crippen LogP contribution in [0.4, 0.5) is 18.9 Å². The predicted molar refractivity (Wildman–Crippen MR) is 82.4 cm³/mol. The smallest absolute Gasteiger partial charge is 0.405 e. The Morgan fingerprint density at radius 2 is 2.00 bits per heavy atom. The Balaban J connectivity index is 1.71. The van der Waals surface area contributed by atoms with Crippen LogP contribution in [0.3, 0.4) is 0 Å². The Bertz CT molecular complexity index is 739. The highest BCUT2D eigenvalue weighted by molar-refractivity contribution is 6.06. The fourth-order valence-corrected chi connectivity index (χ4v) is 2.62. The summed E-state index contributed by atoms with van der Waals surface area (Å²) in [5.74, 6) is -1.25. The fourth-order valence-electron chi connectivity index (χ4n) is 2.62. The van der Waals surface area contributed by atoms with Crippen molar-refractivity contribution in [3.8, 4) is 5.75 Å². The van der Waals surface area contributed by atoms with E-state index in [0.717, 1.165) is 18.9 Å². The zero-order valence-corrected chi connectivity index (χ0v) is 13.1. The first kappa shape index (κ1) is 17.3. The molecule has 0 radical (unpaired) electrons. The molecule has 1 N–H and O–H groups in total. The number of carbonyl (C=O) groups is 1. The van der Waals surface area contributed by atoms with Gasteiger partial charge in [0.1, 0.15) is 5.75 Å². The van der Waals surface area contributed by atoms with E-state index in [2.05, 4.69) is 15.2 Å². The Morgan fingerprint density at radius 3 is 2.72 bits per heavy atom. The van der Waals surface area contributed by atoms with Crippen molar-refractivity contribution < 1.29 is 27.4 Å². The lowest BCUT2D eigenvalue weighted by molar-refractivity contribution is -0.274. The highest BCUT2D eigenvalue weighted by Crippen LogP contribution is 2.27. The third-order valence-electron chi connectivity index (χ3n) is 3.78. The number of carbonyl (C=O) groups excluding carboxylic acids is 1. The zero-order chi connectivity index (χ0) is 17.9. The van der Waals surface area contributed by atoms with Crippen LogP contribution in [-0.4, -0.2) is 35.3 Å². The highest BCUT2D eigenvalue weighted by Gasteiger charge is 2.32. The van der Waals surface area contributed by atoms with Crippen LogP contribution in [0.5, 0.6) is 5.75 Å². The quantitative estimate of drug-likeness (QED) is 0.913. The monoisotopic (exact) mass is 355 g/mol. The van der Waals surface area contributed by atoms with Gasteiger partial charge in [0.05, 0.1) is 23.5 Å². The molecule has 2 heterocycles. The summed E-state index contributed by atoms with van der Waals surface area (Å²) in [4.78, 5) is 12.3. The van der Waals surface area contributed by atoms with Gasteiger partial charge in [0.2, 0.25) is 0 Å². The van der Waals surface area contributed by atoms with E-state index in [-0.39, 0.29) is 11.6 Å². The van der Waals surface area contributed by atoms with E-state index in [1.54, 1.807) is 10.9 Å². The van der Waals surface area contributed by atoms with E-state index >= 15 is 0 Å². The van der Waals surface area contributed by atoms with Crippen LogP contribution in [0.25, 0.3) is 0 Å². The molecule has 0 spiro atoms. The van der Waals surface area contributed by atoms with E-state index in [1.165, 1.54) is 24.4 Å². The van der Waals surface area contributed by atoms with Gasteiger partial charge in [-0.1, -0.05) is 12.1 Å². The minimum Gasteiger partial charge on any atom is -0.405 e. The molecule has 9 heteroatoms. The second kappa shape index (κ2) is 7.14. The summed E-state index contributed by atoms with van der Waals surface area (Å²) < 4.78 is 48.2. The van der Waals surface area contributed by atoms with Crippen molar-refractivity contribution in [2.45, 2.75) is 25.2 Å². The number of benzene rings is 1. The molecule has 0 bridgehead atoms. The zero-order valence-electron chi connectivity index (χ0n) is 13.1. The molecule has 1 fully saturated rings. The van der Waals surface area contributed by atoms with Gasteiger partial charge in [-0.15, -0.1) is 13.2 Å². The van der Waals surface area contributed by atoms with Crippen molar-refractivity contribution in [3.05, 3.63) is 42.2 Å². The summed E-state index contributed by atoms with van der Waals surface area (Å²) in [5, 5.41) is 6.75. The first-order chi connectivity index (χ1) is 11.9. The van der Waals surface area contributed by atoms with Gasteiger partial charge in [0, 0.05) is 19.4 Å². The maximum absolute atomic E-state index is 12.4. The predicted octanol–water partition coefficient (Wildman–Crippen LogP) is 3.39. The van der Waals surface area contributed by atoms with Crippen LogP contribution in [0.2, 0.25) is 0 Å². The summed E-state index contributed by atoms with van der Waals surface area (Å²) in [6.45, 7) is 1.29. The number of hydrogen-bond acceptors (Lipinski definition) is 4. The number of ether oxygens (including phenoxy) is 2. The number of aromatic nitrogens is 2. The SMILES string of the molecule is O=C(Nc1cnn(C2CCOCC2)c1)c1ccccc1OC(F)(F)F. The van der Waals surface area contributed by atoms with Crippen LogP contribution < -0.4 is 10.1 Å². The lowest BCUT2D eigenvalue weighted by atomic mass is 10.1. The molecule has 6 nitrogen and oxygen atoms in total. The standard InChI is InChI=1S/C16H16F3N3O3/c17-16(18,19)25-14-4-2-1-3-13(14)15(23)21-11-9-20-22(10-11)12-5-7-24-8-6-12/h1-4,9-10,12H,5-8H2,(H,21,23). The molecule has 0 saturated carbocycles. The number of rotatable bonds is 4. The summed E-state index contributed by atoms with van der Waals surface area (Å²) in [6, 6.07) is 5.36. The van der Waals surface area contributed by atoms with Gasteiger partial charge in [0.15, 0.2) is 0 Å². The Labute approximate surface area is 141 Å². The Hall–Kier alpha value is -2.55. The minimum atomic E-state index is -4.87. The summed E-state index contributed by atoms with van der Waals surface area (Å²) in [7, 11) is 0. The number of halogens is 3. The third kappa shape index (κ3) is 4.50. The molecule has 2 aromatic rings. The van der Waals surface area contributed by atoms with Crippen molar-refractivity contribution >= 4 is 11.6 Å². The van der Waals surface area contributed by atoms with Gasteiger partial charge < -0.3 is 14.8 Å². The number of nitrogens with one attached hydrogen (secondary N) is 1. The van der Waals surface area contributed by atoms with Crippen LogP contribution in [0.15, 0.2) is 36.7 Å². The first-order valence-electron chi connectivity index (χ1n) is 7.70. The largest absolute Gasteiger partial charge is 0.573 e. The molecule has 0 atom stereocenters. The van der Waals surface area contributed by atoms with Crippen LogP contribution in [-0.2, 0) is 4.74 Å². The Kier molecular flexibility index (Phi) is 4.93. The van der Waals surface area contributed by atoms with Crippen molar-refractivity contribution in [2.24, 2.45) is 0 Å². The topological polar surface area (TPSA) is 65.4 Å². The van der Waals surface area contributed by atoms with Gasteiger partial charge in [-0.05, 0) is 25.0 Å². The van der Waals surface area contributed by atoms with E-state index in [4.69, 9.17) is 4.74 Å². The molecule has 134 valence electrons. The first-order valence-corrected chi connectivity index (χ1v) is 7.70. The molecule has 0 aliphatic carbocycles. The number of alkyl halides is 3. The number of amides is 1. The van der Waals surface area contributed by atoms with Gasteiger partial charge in [0.25, 0.3) is 5.91 Å². The van der Waals surface area contributed by atoms with Gasteiger partial charge in [-0.3, -0.25) is 9.48 Å². The molecule has 3 rings (SSSR count). The van der Waals surface area contributed by atoms with Crippen LogP contribution in [0.1, 0.15) is 29.2 Å². The number of hydrogen-bond donors (Lipinski definition) is 1. The van der Waals surface area contributed by atoms with E-state index < -0.39 is 18.0 Å². The molecule has 1 aromatic carbocycles. The van der Waals surface area contributed by atoms with E-state index in [1.807, 2.05) is 0 Å². The Morgan fingerprint density at radius 1 is 1.28 bits per heavy atom. The van der Waals surface area contributed by atoms with Gasteiger partial charge >= 0.3 is 6.36 Å². The molecule has 25 heavy (non-hydrogen) atoms. The number of nitrogens with zero attached hydrogens (tertiary/aromatic N) is 2. The maximum Gasteiger partial charge on any atom is 0.573 e. The average Bonchev–Trinajstić information content (AvgIpc) is 3.03. The molecule has 0 unspecified atom stereocenters. The van der Waals surface area contributed by atoms with Crippen LogP contribution in [0, 0.1) is 0 Å². The number of para-hydroxylation sites is 1. The van der Waals surface area contributed by atoms with Crippen LogP contribution >= 0.6 is 0 Å². The van der Waals surface area contributed by atoms with E-state index in [0.29, 0.717) is 18.9 Å². The highest BCUT2D eigenvalue weighted by atomic mass is 19.4. The normalized spacial score (nSPS) is 15.8. The molecular formula is C16H16F3N3O3. The molecule has 1 amide bonds. The lowest BCUT2D eigenvalue weighted by Gasteiger charge is -2.22. The van der Waals surface area contributed by atoms with Gasteiger partial charge in [-0.25, -0.2) is 0 Å².